The second-order valence-corrected chi connectivity index (χ2v) is 7.69. The van der Waals surface area contributed by atoms with Gasteiger partial charge in [0.1, 0.15) is 0 Å². The monoisotopic (exact) mass is 413 g/mol. The molecule has 0 bridgehead atoms. The summed E-state index contributed by atoms with van der Waals surface area (Å²) < 4.78 is 1.50. The van der Waals surface area contributed by atoms with Crippen molar-refractivity contribution in [3.8, 4) is 0 Å². The highest BCUT2D eigenvalue weighted by molar-refractivity contribution is 7.99. The molecule has 1 N–H and O–H groups in total. The first-order valence-corrected chi connectivity index (χ1v) is 10.1. The van der Waals surface area contributed by atoms with Gasteiger partial charge in [0, 0.05) is 18.1 Å². The van der Waals surface area contributed by atoms with Crippen molar-refractivity contribution in [2.24, 2.45) is 0 Å². The fraction of sp³-hybridized carbons (Fsp3) is 0.190. The topological polar surface area (TPSA) is 64.0 Å². The van der Waals surface area contributed by atoms with Gasteiger partial charge in [-0.2, -0.15) is 0 Å². The lowest BCUT2D eigenvalue weighted by Gasteiger charge is -2.12. The zero-order valence-corrected chi connectivity index (χ0v) is 17.0. The van der Waals surface area contributed by atoms with Gasteiger partial charge < -0.3 is 5.32 Å². The number of rotatable bonds is 7. The molecule has 0 saturated heterocycles. The van der Waals surface area contributed by atoms with E-state index in [2.05, 4.69) is 16.9 Å². The molecule has 0 spiro atoms. The molecule has 3 aromatic rings. The Morgan fingerprint density at radius 3 is 2.75 bits per heavy atom. The Hall–Kier alpha value is -2.57. The van der Waals surface area contributed by atoms with Crippen LogP contribution in [0.4, 0.5) is 0 Å². The van der Waals surface area contributed by atoms with Gasteiger partial charge in [0.05, 0.1) is 16.7 Å². The van der Waals surface area contributed by atoms with E-state index in [4.69, 9.17) is 11.6 Å². The lowest BCUT2D eigenvalue weighted by Crippen LogP contribution is -2.26. The number of nitrogens with zero attached hydrogens (tertiary/aromatic N) is 2. The third-order valence-corrected chi connectivity index (χ3v) is 5.35. The molecule has 2 aromatic carbocycles. The van der Waals surface area contributed by atoms with Gasteiger partial charge in [-0.3, -0.25) is 14.2 Å². The molecule has 7 heteroatoms. The number of nitrogens with one attached hydrogen (secondary N) is 1. The van der Waals surface area contributed by atoms with Crippen LogP contribution in [0.1, 0.15) is 11.1 Å². The third-order valence-electron chi connectivity index (χ3n) is 4.14. The van der Waals surface area contributed by atoms with Crippen molar-refractivity contribution < 1.29 is 4.79 Å². The molecule has 0 unspecified atom stereocenters. The highest BCUT2D eigenvalue weighted by Gasteiger charge is 2.13. The molecule has 0 radical (unpaired) electrons. The van der Waals surface area contributed by atoms with Gasteiger partial charge in [-0.1, -0.05) is 59.3 Å². The van der Waals surface area contributed by atoms with Crippen molar-refractivity contribution in [2.45, 2.75) is 25.2 Å². The second kappa shape index (κ2) is 9.08. The molecule has 0 saturated carbocycles. The van der Waals surface area contributed by atoms with Crippen LogP contribution < -0.4 is 10.9 Å². The smallest absolute Gasteiger partial charge is 0.262 e. The largest absolute Gasteiger partial charge is 0.351 e. The average molecular weight is 414 g/mol. The molecule has 28 heavy (non-hydrogen) atoms. The van der Waals surface area contributed by atoms with E-state index >= 15 is 0 Å². The number of halogens is 1. The summed E-state index contributed by atoms with van der Waals surface area (Å²) in [6.07, 6.45) is 1.63. The summed E-state index contributed by atoms with van der Waals surface area (Å²) in [5, 5.41) is 4.29. The Balaban J connectivity index is 1.73. The molecule has 0 aliphatic heterocycles. The first kappa shape index (κ1) is 20.2. The fourth-order valence-corrected chi connectivity index (χ4v) is 3.67. The minimum atomic E-state index is -0.199. The number of fused-ring (bicyclic) bond motifs is 1. The Kier molecular flexibility index (Phi) is 6.54. The highest BCUT2D eigenvalue weighted by atomic mass is 35.5. The number of hydrogen-bond donors (Lipinski definition) is 1. The van der Waals surface area contributed by atoms with Crippen molar-refractivity contribution >= 4 is 40.2 Å². The summed E-state index contributed by atoms with van der Waals surface area (Å²) in [5.41, 5.74) is 2.56. The number of allylic oxidation sites excluding steroid dienone is 1. The summed E-state index contributed by atoms with van der Waals surface area (Å²) in [7, 11) is 0. The lowest BCUT2D eigenvalue weighted by atomic mass is 10.1. The van der Waals surface area contributed by atoms with Crippen LogP contribution in [0.25, 0.3) is 10.9 Å². The summed E-state index contributed by atoms with van der Waals surface area (Å²) in [4.78, 5) is 29.5. The number of carbonyl (C=O) groups excluding carboxylic acids is 1. The molecule has 1 aromatic heterocycles. The Morgan fingerprint density at radius 2 is 2.04 bits per heavy atom. The number of aromatic nitrogens is 2. The van der Waals surface area contributed by atoms with Crippen LogP contribution in [-0.2, 0) is 17.9 Å². The Bertz CT molecular complexity index is 1080. The fourth-order valence-electron chi connectivity index (χ4n) is 2.66. The molecule has 1 heterocycles. The molecular weight excluding hydrogens is 394 g/mol. The van der Waals surface area contributed by atoms with Gasteiger partial charge in [0.15, 0.2) is 5.16 Å². The minimum Gasteiger partial charge on any atom is -0.351 e. The predicted molar refractivity (Wildman–Crippen MR) is 115 cm³/mol. The quantitative estimate of drug-likeness (QED) is 0.362. The minimum absolute atomic E-state index is 0.124. The van der Waals surface area contributed by atoms with E-state index in [1.165, 1.54) is 21.9 Å². The number of aryl methyl sites for hydroxylation is 1. The first-order chi connectivity index (χ1) is 13.5. The molecule has 1 amide bonds. The number of carbonyl (C=O) groups is 1. The Labute approximate surface area is 172 Å². The number of thioether (sulfide) groups is 1. The van der Waals surface area contributed by atoms with Crippen LogP contribution in [0.5, 0.6) is 0 Å². The summed E-state index contributed by atoms with van der Waals surface area (Å²) in [5.74, 6) is 0.0373. The zero-order valence-electron chi connectivity index (χ0n) is 15.4. The van der Waals surface area contributed by atoms with Gasteiger partial charge in [0.25, 0.3) is 5.56 Å². The maximum Gasteiger partial charge on any atom is 0.262 e. The first-order valence-electron chi connectivity index (χ1n) is 8.74. The molecule has 0 fully saturated rings. The molecular formula is C21H20ClN3O2S. The molecule has 3 rings (SSSR count). The van der Waals surface area contributed by atoms with E-state index < -0.39 is 0 Å². The van der Waals surface area contributed by atoms with E-state index in [9.17, 15) is 9.59 Å². The zero-order chi connectivity index (χ0) is 20.1. The van der Waals surface area contributed by atoms with Crippen molar-refractivity contribution in [3.05, 3.63) is 81.6 Å². The van der Waals surface area contributed by atoms with Crippen LogP contribution in [0.2, 0.25) is 5.02 Å². The van der Waals surface area contributed by atoms with Crippen molar-refractivity contribution in [2.75, 3.05) is 5.75 Å². The lowest BCUT2D eigenvalue weighted by molar-refractivity contribution is -0.118. The number of hydrogen-bond acceptors (Lipinski definition) is 4. The second-order valence-electron chi connectivity index (χ2n) is 6.31. The molecule has 0 aliphatic rings. The van der Waals surface area contributed by atoms with Crippen molar-refractivity contribution in [3.63, 3.8) is 0 Å². The van der Waals surface area contributed by atoms with E-state index in [0.29, 0.717) is 34.2 Å². The molecule has 5 nitrogen and oxygen atoms in total. The normalized spacial score (nSPS) is 10.8. The number of benzene rings is 2. The summed E-state index contributed by atoms with van der Waals surface area (Å²) in [6.45, 7) is 6.49. The highest BCUT2D eigenvalue weighted by Crippen LogP contribution is 2.20. The molecule has 0 aliphatic carbocycles. The summed E-state index contributed by atoms with van der Waals surface area (Å²) in [6, 6.07) is 13.0. The van der Waals surface area contributed by atoms with Crippen molar-refractivity contribution in [1.29, 1.82) is 0 Å². The molecule has 144 valence electrons. The van der Waals surface area contributed by atoms with E-state index in [1.54, 1.807) is 24.3 Å². The standard InChI is InChI=1S/C21H20ClN3O2S/c1-3-10-25-20(27)17-11-16(22)8-9-18(17)24-21(25)28-13-19(26)23-12-15-6-4-14(2)5-7-15/h3-9,11H,1,10,12-13H2,2H3,(H,23,26). The average Bonchev–Trinajstić information content (AvgIpc) is 2.69. The SMILES string of the molecule is C=CCn1c(SCC(=O)NCc2ccc(C)cc2)nc2ccc(Cl)cc2c1=O. The number of amides is 1. The van der Waals surface area contributed by atoms with Gasteiger partial charge in [0.2, 0.25) is 5.91 Å². The van der Waals surface area contributed by atoms with Crippen LogP contribution in [0.15, 0.2) is 65.1 Å². The third kappa shape index (κ3) is 4.82. The van der Waals surface area contributed by atoms with Crippen LogP contribution in [0.3, 0.4) is 0 Å². The Morgan fingerprint density at radius 1 is 1.29 bits per heavy atom. The van der Waals surface area contributed by atoms with Gasteiger partial charge >= 0.3 is 0 Å². The predicted octanol–water partition coefficient (Wildman–Crippen LogP) is 3.95. The maximum atomic E-state index is 12.8. The molecule has 0 atom stereocenters. The van der Waals surface area contributed by atoms with Crippen LogP contribution in [-0.4, -0.2) is 21.2 Å². The van der Waals surface area contributed by atoms with E-state index in [0.717, 1.165) is 5.56 Å². The summed E-state index contributed by atoms with van der Waals surface area (Å²) >= 11 is 7.23. The maximum absolute atomic E-state index is 12.8. The van der Waals surface area contributed by atoms with Gasteiger partial charge in [-0.05, 0) is 30.7 Å². The van der Waals surface area contributed by atoms with Crippen LogP contribution >= 0.6 is 23.4 Å². The van der Waals surface area contributed by atoms with E-state index in [1.807, 2.05) is 31.2 Å². The van der Waals surface area contributed by atoms with E-state index in [-0.39, 0.29) is 17.2 Å². The van der Waals surface area contributed by atoms with Gasteiger partial charge in [-0.25, -0.2) is 4.98 Å². The van der Waals surface area contributed by atoms with Crippen LogP contribution in [0, 0.1) is 6.92 Å². The van der Waals surface area contributed by atoms with Crippen molar-refractivity contribution in [1.82, 2.24) is 14.9 Å². The van der Waals surface area contributed by atoms with Gasteiger partial charge in [-0.15, -0.1) is 6.58 Å².